The standard InChI is InChI=1S/C21H23F2NO2/c1-12(14-5-6-14)18-11-17(21(3,4)26-13(2)25)19(23)20(24-18)15-7-9-16(22)10-8-15/h7-12,14H,5-6H2,1-4H3. The molecule has 1 aliphatic carbocycles. The molecule has 1 aromatic carbocycles. The maximum atomic E-state index is 15.3. The second kappa shape index (κ2) is 6.78. The molecule has 1 aromatic heterocycles. The van der Waals surface area contributed by atoms with Crippen LogP contribution in [-0.2, 0) is 15.1 Å². The molecule has 0 saturated heterocycles. The van der Waals surface area contributed by atoms with Crippen LogP contribution in [0.25, 0.3) is 11.3 Å². The average molecular weight is 359 g/mol. The minimum absolute atomic E-state index is 0.158. The highest BCUT2D eigenvalue weighted by atomic mass is 19.1. The van der Waals surface area contributed by atoms with Gasteiger partial charge < -0.3 is 4.74 Å². The minimum Gasteiger partial charge on any atom is -0.455 e. The van der Waals surface area contributed by atoms with Crippen LogP contribution < -0.4 is 0 Å². The summed E-state index contributed by atoms with van der Waals surface area (Å²) in [6.45, 7) is 6.70. The summed E-state index contributed by atoms with van der Waals surface area (Å²) in [6.07, 6.45) is 2.27. The smallest absolute Gasteiger partial charge is 0.303 e. The molecule has 26 heavy (non-hydrogen) atoms. The van der Waals surface area contributed by atoms with Crippen molar-refractivity contribution >= 4 is 5.97 Å². The molecule has 3 nitrogen and oxygen atoms in total. The molecule has 0 N–H and O–H groups in total. The molecule has 1 heterocycles. The average Bonchev–Trinajstić information content (AvgIpc) is 3.39. The number of halogens is 2. The molecule has 2 aromatic rings. The van der Waals surface area contributed by atoms with E-state index in [1.165, 1.54) is 31.2 Å². The first-order chi connectivity index (χ1) is 12.2. The summed E-state index contributed by atoms with van der Waals surface area (Å²) < 4.78 is 33.9. The zero-order chi connectivity index (χ0) is 19.1. The maximum Gasteiger partial charge on any atom is 0.303 e. The molecule has 1 saturated carbocycles. The number of benzene rings is 1. The number of hydrogen-bond acceptors (Lipinski definition) is 3. The van der Waals surface area contributed by atoms with Gasteiger partial charge in [0.25, 0.3) is 0 Å². The predicted molar refractivity (Wildman–Crippen MR) is 95.5 cm³/mol. The first-order valence-electron chi connectivity index (χ1n) is 8.85. The molecule has 0 aliphatic heterocycles. The fraction of sp³-hybridized carbons (Fsp3) is 0.429. The molecule has 0 amide bonds. The summed E-state index contributed by atoms with van der Waals surface area (Å²) in [5, 5.41) is 0. The van der Waals surface area contributed by atoms with Gasteiger partial charge in [-0.2, -0.15) is 0 Å². The molecule has 1 fully saturated rings. The molecule has 1 atom stereocenters. The number of nitrogens with zero attached hydrogens (tertiary/aromatic N) is 1. The highest BCUT2D eigenvalue weighted by Gasteiger charge is 2.34. The first kappa shape index (κ1) is 18.5. The van der Waals surface area contributed by atoms with E-state index in [-0.39, 0.29) is 17.2 Å². The molecule has 0 bridgehead atoms. The van der Waals surface area contributed by atoms with Gasteiger partial charge in [0, 0.05) is 29.7 Å². The van der Waals surface area contributed by atoms with Crippen molar-refractivity contribution in [1.82, 2.24) is 4.98 Å². The van der Waals surface area contributed by atoms with Gasteiger partial charge in [-0.15, -0.1) is 0 Å². The van der Waals surface area contributed by atoms with Crippen molar-refractivity contribution in [2.45, 2.75) is 52.1 Å². The lowest BCUT2D eigenvalue weighted by atomic mass is 9.91. The second-order valence-corrected chi connectivity index (χ2v) is 7.49. The number of hydrogen-bond donors (Lipinski definition) is 0. The van der Waals surface area contributed by atoms with Gasteiger partial charge in [-0.3, -0.25) is 4.79 Å². The number of pyridine rings is 1. The lowest BCUT2D eigenvalue weighted by Gasteiger charge is -2.27. The third-order valence-corrected chi connectivity index (χ3v) is 4.94. The highest BCUT2D eigenvalue weighted by Crippen LogP contribution is 2.43. The van der Waals surface area contributed by atoms with Gasteiger partial charge in [-0.1, -0.05) is 6.92 Å². The van der Waals surface area contributed by atoms with Crippen LogP contribution in [-0.4, -0.2) is 11.0 Å². The number of rotatable bonds is 5. The fourth-order valence-electron chi connectivity index (χ4n) is 3.27. The summed E-state index contributed by atoms with van der Waals surface area (Å²) in [7, 11) is 0. The Kier molecular flexibility index (Phi) is 4.82. The van der Waals surface area contributed by atoms with E-state index in [0.717, 1.165) is 18.5 Å². The summed E-state index contributed by atoms with van der Waals surface area (Å²) in [4.78, 5) is 16.0. The van der Waals surface area contributed by atoms with Gasteiger partial charge in [0.15, 0.2) is 5.82 Å². The topological polar surface area (TPSA) is 39.2 Å². The first-order valence-corrected chi connectivity index (χ1v) is 8.85. The van der Waals surface area contributed by atoms with Crippen LogP contribution in [0.3, 0.4) is 0 Å². The Hall–Kier alpha value is -2.30. The van der Waals surface area contributed by atoms with Crippen molar-refractivity contribution in [2.24, 2.45) is 5.92 Å². The van der Waals surface area contributed by atoms with E-state index in [1.807, 2.05) is 0 Å². The normalized spacial score (nSPS) is 15.6. The van der Waals surface area contributed by atoms with Crippen molar-refractivity contribution in [1.29, 1.82) is 0 Å². The number of carbonyl (C=O) groups is 1. The Bertz CT molecular complexity index is 827. The minimum atomic E-state index is -1.13. The van der Waals surface area contributed by atoms with E-state index < -0.39 is 23.2 Å². The van der Waals surface area contributed by atoms with Crippen LogP contribution in [0.4, 0.5) is 8.78 Å². The van der Waals surface area contributed by atoms with E-state index in [0.29, 0.717) is 11.5 Å². The van der Waals surface area contributed by atoms with E-state index in [1.54, 1.807) is 19.9 Å². The van der Waals surface area contributed by atoms with E-state index in [9.17, 15) is 9.18 Å². The van der Waals surface area contributed by atoms with Crippen LogP contribution in [0.1, 0.15) is 57.7 Å². The van der Waals surface area contributed by atoms with Gasteiger partial charge >= 0.3 is 5.97 Å². The number of aromatic nitrogens is 1. The third kappa shape index (κ3) is 3.76. The maximum absolute atomic E-state index is 15.3. The van der Waals surface area contributed by atoms with Gasteiger partial charge in [0.05, 0.1) is 0 Å². The Morgan fingerprint density at radius 1 is 1.23 bits per heavy atom. The van der Waals surface area contributed by atoms with Gasteiger partial charge in [0.2, 0.25) is 0 Å². The molecule has 1 aliphatic rings. The largest absolute Gasteiger partial charge is 0.455 e. The molecule has 0 radical (unpaired) electrons. The van der Waals surface area contributed by atoms with Crippen LogP contribution in [0.15, 0.2) is 30.3 Å². The van der Waals surface area contributed by atoms with Crippen molar-refractivity contribution in [3.8, 4) is 11.3 Å². The van der Waals surface area contributed by atoms with Gasteiger partial charge in [-0.25, -0.2) is 13.8 Å². The van der Waals surface area contributed by atoms with Crippen molar-refractivity contribution in [2.75, 3.05) is 0 Å². The number of esters is 1. The van der Waals surface area contributed by atoms with Crippen LogP contribution in [0.2, 0.25) is 0 Å². The summed E-state index contributed by atoms with van der Waals surface area (Å²) >= 11 is 0. The lowest BCUT2D eigenvalue weighted by molar-refractivity contribution is -0.154. The Balaban J connectivity index is 2.16. The molecule has 1 unspecified atom stereocenters. The van der Waals surface area contributed by atoms with E-state index in [4.69, 9.17) is 4.74 Å². The zero-order valence-corrected chi connectivity index (χ0v) is 15.5. The SMILES string of the molecule is CC(=O)OC(C)(C)c1cc(C(C)C2CC2)nc(-c2ccc(F)cc2)c1F. The van der Waals surface area contributed by atoms with Crippen molar-refractivity contribution < 1.29 is 18.3 Å². The second-order valence-electron chi connectivity index (χ2n) is 7.49. The third-order valence-electron chi connectivity index (χ3n) is 4.94. The van der Waals surface area contributed by atoms with E-state index >= 15 is 4.39 Å². The Morgan fingerprint density at radius 3 is 2.38 bits per heavy atom. The Morgan fingerprint density at radius 2 is 1.85 bits per heavy atom. The van der Waals surface area contributed by atoms with Crippen LogP contribution in [0, 0.1) is 17.6 Å². The molecule has 3 rings (SSSR count). The molecular weight excluding hydrogens is 336 g/mol. The number of ether oxygens (including phenoxy) is 1. The Labute approximate surface area is 152 Å². The van der Waals surface area contributed by atoms with Crippen molar-refractivity contribution in [3.63, 3.8) is 0 Å². The van der Waals surface area contributed by atoms with Gasteiger partial charge in [-0.05, 0) is 62.9 Å². The van der Waals surface area contributed by atoms with Gasteiger partial charge in [0.1, 0.15) is 17.1 Å². The molecule has 5 heteroatoms. The summed E-state index contributed by atoms with van der Waals surface area (Å²) in [5.74, 6) is -0.696. The molecular formula is C21H23F2NO2. The van der Waals surface area contributed by atoms with Crippen molar-refractivity contribution in [3.05, 3.63) is 53.2 Å². The fourth-order valence-corrected chi connectivity index (χ4v) is 3.27. The number of carbonyl (C=O) groups excluding carboxylic acids is 1. The quantitative estimate of drug-likeness (QED) is 0.677. The summed E-state index contributed by atoms with van der Waals surface area (Å²) in [6, 6.07) is 7.28. The molecule has 138 valence electrons. The summed E-state index contributed by atoms with van der Waals surface area (Å²) in [5.41, 5.74) is 0.567. The molecule has 0 spiro atoms. The lowest BCUT2D eigenvalue weighted by Crippen LogP contribution is -2.26. The zero-order valence-electron chi connectivity index (χ0n) is 15.5. The van der Waals surface area contributed by atoms with Crippen LogP contribution in [0.5, 0.6) is 0 Å². The predicted octanol–water partition coefficient (Wildman–Crippen LogP) is 5.34. The van der Waals surface area contributed by atoms with E-state index in [2.05, 4.69) is 11.9 Å². The highest BCUT2D eigenvalue weighted by molar-refractivity contribution is 5.67. The monoisotopic (exact) mass is 359 g/mol. The van der Waals surface area contributed by atoms with Crippen LogP contribution >= 0.6 is 0 Å².